The van der Waals surface area contributed by atoms with Gasteiger partial charge in [0.2, 0.25) is 0 Å². The maximum atomic E-state index is 5.92. The van der Waals surface area contributed by atoms with Gasteiger partial charge in [-0.15, -0.1) is 19.0 Å². The van der Waals surface area contributed by atoms with Gasteiger partial charge in [-0.25, -0.2) is 0 Å². The predicted molar refractivity (Wildman–Crippen MR) is 65.8 cm³/mol. The summed E-state index contributed by atoms with van der Waals surface area (Å²) in [6, 6.07) is 2.91. The van der Waals surface area contributed by atoms with Crippen LogP contribution in [0.1, 0.15) is 11.6 Å². The fourth-order valence-corrected chi connectivity index (χ4v) is 1.69. The van der Waals surface area contributed by atoms with Gasteiger partial charge in [0.05, 0.1) is 10.0 Å². The lowest BCUT2D eigenvalue weighted by Crippen LogP contribution is -2.07. The minimum absolute atomic E-state index is 0. The van der Waals surface area contributed by atoms with Crippen LogP contribution in [0, 0.1) is 0 Å². The highest BCUT2D eigenvalue weighted by molar-refractivity contribution is 6.43. The quantitative estimate of drug-likeness (QED) is 0.632. The molecule has 0 bridgehead atoms. The summed E-state index contributed by atoms with van der Waals surface area (Å²) < 4.78 is 0. The van der Waals surface area contributed by atoms with Gasteiger partial charge in [0, 0.05) is 11.1 Å². The fourth-order valence-electron chi connectivity index (χ4n) is 0.945. The highest BCUT2D eigenvalue weighted by Gasteiger charge is 2.10. The second-order valence-corrected chi connectivity index (χ2v) is 3.77. The molecule has 14 heavy (non-hydrogen) atoms. The van der Waals surface area contributed by atoms with Gasteiger partial charge in [-0.05, 0) is 17.7 Å². The van der Waals surface area contributed by atoms with E-state index < -0.39 is 0 Å². The van der Waals surface area contributed by atoms with Crippen molar-refractivity contribution < 1.29 is 0 Å². The highest BCUT2D eigenvalue weighted by Crippen LogP contribution is 2.32. The summed E-state index contributed by atoms with van der Waals surface area (Å²) in [6.07, 6.45) is 1.58. The second kappa shape index (κ2) is 5.84. The van der Waals surface area contributed by atoms with Crippen molar-refractivity contribution in [3.8, 4) is 0 Å². The largest absolute Gasteiger partial charge is 0.321 e. The Morgan fingerprint density at radius 1 is 1.29 bits per heavy atom. The molecule has 1 nitrogen and oxygen atoms in total. The number of hydrogen-bond donors (Lipinski definition) is 1. The van der Waals surface area contributed by atoms with Crippen LogP contribution >= 0.6 is 47.2 Å². The van der Waals surface area contributed by atoms with Crippen LogP contribution in [0.4, 0.5) is 0 Å². The molecule has 0 unspecified atom stereocenters. The van der Waals surface area contributed by atoms with Crippen molar-refractivity contribution in [2.45, 2.75) is 6.04 Å². The van der Waals surface area contributed by atoms with Crippen molar-refractivity contribution in [2.75, 3.05) is 0 Å². The van der Waals surface area contributed by atoms with Crippen LogP contribution in [0.3, 0.4) is 0 Å². The van der Waals surface area contributed by atoms with E-state index in [-0.39, 0.29) is 18.4 Å². The third kappa shape index (κ3) is 3.04. The molecule has 0 aliphatic rings. The first-order valence-electron chi connectivity index (χ1n) is 3.59. The predicted octanol–water partition coefficient (Wildman–Crippen LogP) is 4.25. The molecule has 1 atom stereocenters. The van der Waals surface area contributed by atoms with Gasteiger partial charge in [0.15, 0.2) is 0 Å². The Morgan fingerprint density at radius 2 is 1.86 bits per heavy atom. The maximum Gasteiger partial charge on any atom is 0.0644 e. The molecule has 1 aromatic carbocycles. The minimum atomic E-state index is -0.344. The van der Waals surface area contributed by atoms with Crippen molar-refractivity contribution in [2.24, 2.45) is 5.73 Å². The molecule has 1 aromatic rings. The van der Waals surface area contributed by atoms with Gasteiger partial charge < -0.3 is 5.73 Å². The molecule has 0 spiro atoms. The fraction of sp³-hybridized carbons (Fsp3) is 0.111. The monoisotopic (exact) mass is 271 g/mol. The van der Waals surface area contributed by atoms with Crippen LogP contribution in [-0.2, 0) is 0 Å². The van der Waals surface area contributed by atoms with Crippen LogP contribution in [-0.4, -0.2) is 0 Å². The van der Waals surface area contributed by atoms with E-state index in [0.29, 0.717) is 20.6 Å². The van der Waals surface area contributed by atoms with Gasteiger partial charge in [-0.2, -0.15) is 0 Å². The number of rotatable bonds is 2. The van der Waals surface area contributed by atoms with Crippen molar-refractivity contribution in [3.63, 3.8) is 0 Å². The van der Waals surface area contributed by atoms with Gasteiger partial charge in [-0.3, -0.25) is 0 Å². The smallest absolute Gasteiger partial charge is 0.0644 e. The lowest BCUT2D eigenvalue weighted by atomic mass is 10.1. The van der Waals surface area contributed by atoms with Crippen LogP contribution in [0.15, 0.2) is 24.8 Å². The minimum Gasteiger partial charge on any atom is -0.321 e. The lowest BCUT2D eigenvalue weighted by molar-refractivity contribution is 0.915. The number of halogens is 4. The van der Waals surface area contributed by atoms with Gasteiger partial charge in [0.1, 0.15) is 0 Å². The zero-order chi connectivity index (χ0) is 10.0. The third-order valence-corrected chi connectivity index (χ3v) is 2.67. The molecule has 0 aromatic heterocycles. The molecular formula is C9H9Cl4N. The van der Waals surface area contributed by atoms with E-state index in [2.05, 4.69) is 6.58 Å². The van der Waals surface area contributed by atoms with Gasteiger partial charge in [-0.1, -0.05) is 40.9 Å². The van der Waals surface area contributed by atoms with Crippen LogP contribution in [0.5, 0.6) is 0 Å². The van der Waals surface area contributed by atoms with Crippen molar-refractivity contribution in [1.82, 2.24) is 0 Å². The first-order chi connectivity index (χ1) is 6.06. The van der Waals surface area contributed by atoms with Crippen LogP contribution in [0.2, 0.25) is 15.1 Å². The molecule has 0 saturated carbocycles. The Bertz CT molecular complexity index is 338. The molecule has 0 saturated heterocycles. The molecule has 78 valence electrons. The van der Waals surface area contributed by atoms with E-state index in [1.54, 1.807) is 18.2 Å². The van der Waals surface area contributed by atoms with Crippen molar-refractivity contribution in [3.05, 3.63) is 45.4 Å². The molecule has 2 N–H and O–H groups in total. The molecule has 0 heterocycles. The average Bonchev–Trinajstić information content (AvgIpc) is 2.10. The molecular weight excluding hydrogens is 264 g/mol. The molecule has 0 aliphatic heterocycles. The summed E-state index contributed by atoms with van der Waals surface area (Å²) in [4.78, 5) is 0. The summed E-state index contributed by atoms with van der Waals surface area (Å²) in [5.74, 6) is 0. The standard InChI is InChI=1S/C9H8Cl3N.ClH/c1-2-8(13)6-3-5(10)4-7(11)9(6)12;/h2-4,8H,1,13H2;1H/t8-;/m1./s1. The van der Waals surface area contributed by atoms with E-state index in [9.17, 15) is 0 Å². The van der Waals surface area contributed by atoms with Crippen molar-refractivity contribution in [1.29, 1.82) is 0 Å². The Balaban J connectivity index is 0.00000169. The summed E-state index contributed by atoms with van der Waals surface area (Å²) in [5, 5.41) is 1.35. The first kappa shape index (κ1) is 14.1. The molecule has 1 rings (SSSR count). The average molecular weight is 273 g/mol. The van der Waals surface area contributed by atoms with E-state index in [4.69, 9.17) is 40.5 Å². The summed E-state index contributed by atoms with van der Waals surface area (Å²) in [5.41, 5.74) is 6.40. The number of hydrogen-bond acceptors (Lipinski definition) is 1. The van der Waals surface area contributed by atoms with Gasteiger partial charge in [0.25, 0.3) is 0 Å². The lowest BCUT2D eigenvalue weighted by Gasteiger charge is -2.10. The SMILES string of the molecule is C=C[C@@H](N)c1cc(Cl)cc(Cl)c1Cl.Cl. The second-order valence-electron chi connectivity index (χ2n) is 2.55. The topological polar surface area (TPSA) is 26.0 Å². The Labute approximate surface area is 104 Å². The Hall–Kier alpha value is 0.0800. The van der Waals surface area contributed by atoms with E-state index >= 15 is 0 Å². The molecule has 0 aliphatic carbocycles. The molecule has 5 heteroatoms. The van der Waals surface area contributed by atoms with Crippen LogP contribution in [0.25, 0.3) is 0 Å². The van der Waals surface area contributed by atoms with Crippen LogP contribution < -0.4 is 5.73 Å². The third-order valence-electron chi connectivity index (χ3n) is 1.63. The number of benzene rings is 1. The number of nitrogens with two attached hydrogens (primary N) is 1. The Morgan fingerprint density at radius 3 is 2.36 bits per heavy atom. The molecule has 0 fully saturated rings. The summed E-state index contributed by atoms with van der Waals surface area (Å²) in [6.45, 7) is 3.57. The zero-order valence-electron chi connectivity index (χ0n) is 7.14. The van der Waals surface area contributed by atoms with E-state index in [1.165, 1.54) is 0 Å². The maximum absolute atomic E-state index is 5.92. The summed E-state index contributed by atoms with van der Waals surface area (Å²) in [7, 11) is 0. The van der Waals surface area contributed by atoms with E-state index in [1.807, 2.05) is 0 Å². The molecule has 0 amide bonds. The van der Waals surface area contributed by atoms with Crippen molar-refractivity contribution >= 4 is 47.2 Å². The first-order valence-corrected chi connectivity index (χ1v) is 4.72. The summed E-state index contributed by atoms with van der Waals surface area (Å²) >= 11 is 17.5. The zero-order valence-corrected chi connectivity index (χ0v) is 10.2. The normalized spacial score (nSPS) is 11.7. The molecule has 0 radical (unpaired) electrons. The highest BCUT2D eigenvalue weighted by atomic mass is 35.5. The Kier molecular flexibility index (Phi) is 5.87. The van der Waals surface area contributed by atoms with E-state index in [0.717, 1.165) is 0 Å². The van der Waals surface area contributed by atoms with Gasteiger partial charge >= 0.3 is 0 Å².